The van der Waals surface area contributed by atoms with Gasteiger partial charge in [-0.05, 0) is 39.8 Å². The van der Waals surface area contributed by atoms with Crippen LogP contribution in [0.5, 0.6) is 0 Å². The smallest absolute Gasteiger partial charge is 0.194 e. The summed E-state index contributed by atoms with van der Waals surface area (Å²) in [5.41, 5.74) is 0.370. The second-order valence-corrected chi connectivity index (χ2v) is 8.84. The van der Waals surface area contributed by atoms with Crippen molar-refractivity contribution >= 4 is 29.9 Å². The first kappa shape index (κ1) is 23.5. The molecule has 1 atom stereocenters. The Hall–Kier alpha value is -0.800. The Labute approximate surface area is 187 Å². The highest BCUT2D eigenvalue weighted by atomic mass is 127. The Morgan fingerprint density at radius 2 is 1.89 bits per heavy atom. The largest absolute Gasteiger partial charge is 0.465 e. The Bertz CT molecular complexity index is 665. The molecular weight excluding hydrogens is 467 g/mol. The van der Waals surface area contributed by atoms with Crippen LogP contribution in [0.3, 0.4) is 0 Å². The van der Waals surface area contributed by atoms with Gasteiger partial charge < -0.3 is 19.4 Å². The number of aryl methyl sites for hydroxylation is 1. The van der Waals surface area contributed by atoms with E-state index < -0.39 is 0 Å². The van der Waals surface area contributed by atoms with Crippen molar-refractivity contribution in [2.45, 2.75) is 53.1 Å². The summed E-state index contributed by atoms with van der Waals surface area (Å²) in [6.07, 6.45) is 0. The van der Waals surface area contributed by atoms with Crippen molar-refractivity contribution in [3.8, 4) is 0 Å². The monoisotopic (exact) mass is 504 g/mol. The van der Waals surface area contributed by atoms with Crippen LogP contribution in [0.4, 0.5) is 0 Å². The number of morpholine rings is 1. The van der Waals surface area contributed by atoms with E-state index >= 15 is 0 Å². The molecular formula is C21H37IN4O2. The molecule has 3 heterocycles. The lowest BCUT2D eigenvalue weighted by molar-refractivity contribution is -0.0669. The van der Waals surface area contributed by atoms with Gasteiger partial charge in [-0.3, -0.25) is 9.89 Å². The van der Waals surface area contributed by atoms with Gasteiger partial charge in [-0.2, -0.15) is 0 Å². The van der Waals surface area contributed by atoms with E-state index in [0.717, 1.165) is 56.9 Å². The van der Waals surface area contributed by atoms with Crippen LogP contribution in [0, 0.1) is 12.3 Å². The Kier molecular flexibility index (Phi) is 7.83. The molecule has 2 aliphatic heterocycles. The van der Waals surface area contributed by atoms with Crippen molar-refractivity contribution in [2.75, 3.05) is 45.9 Å². The van der Waals surface area contributed by atoms with Crippen LogP contribution in [0.2, 0.25) is 0 Å². The number of rotatable bonds is 5. The van der Waals surface area contributed by atoms with Gasteiger partial charge in [0.25, 0.3) is 0 Å². The van der Waals surface area contributed by atoms with E-state index in [0.29, 0.717) is 6.54 Å². The minimum atomic E-state index is 0. The fourth-order valence-corrected chi connectivity index (χ4v) is 3.87. The quantitative estimate of drug-likeness (QED) is 0.377. The van der Waals surface area contributed by atoms with Crippen molar-refractivity contribution in [3.63, 3.8) is 0 Å². The fourth-order valence-electron chi connectivity index (χ4n) is 3.87. The molecule has 0 amide bonds. The van der Waals surface area contributed by atoms with Crippen LogP contribution in [0.25, 0.3) is 0 Å². The van der Waals surface area contributed by atoms with Crippen LogP contribution in [-0.2, 0) is 4.74 Å². The number of likely N-dealkylation sites (tertiary alicyclic amines) is 1. The predicted molar refractivity (Wildman–Crippen MR) is 125 cm³/mol. The van der Waals surface area contributed by atoms with E-state index in [4.69, 9.17) is 14.1 Å². The van der Waals surface area contributed by atoms with Gasteiger partial charge in [0, 0.05) is 37.1 Å². The molecule has 0 bridgehead atoms. The lowest BCUT2D eigenvalue weighted by Crippen LogP contribution is -2.72. The number of aliphatic imine (C=N–C) groups is 1. The SMILES string of the molecule is CCNC(=NCC(c1ccc(C)o1)N1CCOCC1)N1CC(C)(C)C1(C)C.I. The normalized spacial score (nSPS) is 22.9. The number of halogens is 1. The first-order chi connectivity index (χ1) is 12.8. The molecule has 2 saturated heterocycles. The molecule has 3 rings (SSSR count). The predicted octanol–water partition coefficient (Wildman–Crippen LogP) is 3.67. The zero-order chi connectivity index (χ0) is 19.7. The van der Waals surface area contributed by atoms with Crippen LogP contribution < -0.4 is 5.32 Å². The maximum Gasteiger partial charge on any atom is 0.194 e. The van der Waals surface area contributed by atoms with Gasteiger partial charge in [0.1, 0.15) is 11.5 Å². The molecule has 0 aliphatic carbocycles. The molecule has 1 N–H and O–H groups in total. The molecule has 6 nitrogen and oxygen atoms in total. The number of hydrogen-bond donors (Lipinski definition) is 1. The molecule has 1 unspecified atom stereocenters. The van der Waals surface area contributed by atoms with E-state index in [1.807, 2.05) is 13.0 Å². The maximum atomic E-state index is 5.98. The minimum Gasteiger partial charge on any atom is -0.465 e. The van der Waals surface area contributed by atoms with E-state index in [1.54, 1.807) is 0 Å². The summed E-state index contributed by atoms with van der Waals surface area (Å²) in [5.74, 6) is 2.95. The summed E-state index contributed by atoms with van der Waals surface area (Å²) in [6.45, 7) is 19.3. The average molecular weight is 504 g/mol. The summed E-state index contributed by atoms with van der Waals surface area (Å²) in [7, 11) is 0. The van der Waals surface area contributed by atoms with Gasteiger partial charge in [-0.15, -0.1) is 24.0 Å². The molecule has 160 valence electrons. The van der Waals surface area contributed by atoms with Gasteiger partial charge >= 0.3 is 0 Å². The summed E-state index contributed by atoms with van der Waals surface area (Å²) in [4.78, 5) is 9.88. The van der Waals surface area contributed by atoms with Gasteiger partial charge in [0.15, 0.2) is 5.96 Å². The first-order valence-electron chi connectivity index (χ1n) is 10.2. The zero-order valence-electron chi connectivity index (χ0n) is 18.2. The molecule has 0 spiro atoms. The number of nitrogens with one attached hydrogen (secondary N) is 1. The highest BCUT2D eigenvalue weighted by Gasteiger charge is 2.53. The standard InChI is InChI=1S/C21H36N4O2.HI/c1-7-22-19(25-15-20(3,4)21(25,5)6)23-14-17(18-9-8-16(2)27-18)24-10-12-26-13-11-24;/h8-9,17H,7,10-15H2,1-6H3,(H,22,23);1H. The number of guanidine groups is 1. The summed E-state index contributed by atoms with van der Waals surface area (Å²) in [5, 5.41) is 3.50. The number of nitrogens with zero attached hydrogens (tertiary/aromatic N) is 3. The fraction of sp³-hybridized carbons (Fsp3) is 0.762. The molecule has 0 aromatic carbocycles. The highest BCUT2D eigenvalue weighted by molar-refractivity contribution is 14.0. The molecule has 1 aromatic rings. The van der Waals surface area contributed by atoms with Crippen LogP contribution in [0.15, 0.2) is 21.5 Å². The Balaban J connectivity index is 0.00000280. The Morgan fingerprint density at radius 1 is 1.21 bits per heavy atom. The second kappa shape index (κ2) is 9.34. The third-order valence-electron chi connectivity index (χ3n) is 6.46. The van der Waals surface area contributed by atoms with Crippen LogP contribution in [-0.4, -0.2) is 67.2 Å². The molecule has 28 heavy (non-hydrogen) atoms. The molecule has 7 heteroatoms. The van der Waals surface area contributed by atoms with Gasteiger partial charge in [0.2, 0.25) is 0 Å². The Morgan fingerprint density at radius 3 is 2.39 bits per heavy atom. The zero-order valence-corrected chi connectivity index (χ0v) is 20.6. The molecule has 0 radical (unpaired) electrons. The van der Waals surface area contributed by atoms with E-state index in [1.165, 1.54) is 0 Å². The highest BCUT2D eigenvalue weighted by Crippen LogP contribution is 2.46. The topological polar surface area (TPSA) is 53.2 Å². The third-order valence-corrected chi connectivity index (χ3v) is 6.46. The van der Waals surface area contributed by atoms with Crippen molar-refractivity contribution in [2.24, 2.45) is 10.4 Å². The van der Waals surface area contributed by atoms with Crippen molar-refractivity contribution in [1.29, 1.82) is 0 Å². The summed E-state index contributed by atoms with van der Waals surface area (Å²) in [6, 6.07) is 4.28. The summed E-state index contributed by atoms with van der Waals surface area (Å²) < 4.78 is 11.5. The van der Waals surface area contributed by atoms with Crippen molar-refractivity contribution in [1.82, 2.24) is 15.1 Å². The van der Waals surface area contributed by atoms with E-state index in [9.17, 15) is 0 Å². The van der Waals surface area contributed by atoms with E-state index in [-0.39, 0.29) is 41.0 Å². The number of hydrogen-bond acceptors (Lipinski definition) is 4. The molecule has 0 saturated carbocycles. The minimum absolute atomic E-state index is 0. The van der Waals surface area contributed by atoms with Gasteiger partial charge in [-0.25, -0.2) is 0 Å². The maximum absolute atomic E-state index is 5.98. The third kappa shape index (κ3) is 4.67. The van der Waals surface area contributed by atoms with Crippen molar-refractivity contribution < 1.29 is 9.15 Å². The molecule has 1 aromatic heterocycles. The lowest BCUT2D eigenvalue weighted by atomic mass is 9.65. The van der Waals surface area contributed by atoms with Crippen LogP contribution >= 0.6 is 24.0 Å². The lowest BCUT2D eigenvalue weighted by Gasteiger charge is -2.62. The van der Waals surface area contributed by atoms with E-state index in [2.05, 4.69) is 55.8 Å². The summed E-state index contributed by atoms with van der Waals surface area (Å²) >= 11 is 0. The first-order valence-corrected chi connectivity index (χ1v) is 10.2. The van der Waals surface area contributed by atoms with Crippen molar-refractivity contribution in [3.05, 3.63) is 23.7 Å². The average Bonchev–Trinajstić information content (AvgIpc) is 3.06. The molecule has 2 aliphatic rings. The number of ether oxygens (including phenoxy) is 1. The number of furan rings is 1. The second-order valence-electron chi connectivity index (χ2n) is 8.84. The van der Waals surface area contributed by atoms with Crippen LogP contribution in [0.1, 0.15) is 52.2 Å². The molecule has 2 fully saturated rings. The van der Waals surface area contributed by atoms with Gasteiger partial charge in [-0.1, -0.05) is 13.8 Å². The van der Waals surface area contributed by atoms with Gasteiger partial charge in [0.05, 0.1) is 25.8 Å².